The summed E-state index contributed by atoms with van der Waals surface area (Å²) in [6, 6.07) is 11.8. The summed E-state index contributed by atoms with van der Waals surface area (Å²) in [6.45, 7) is -0.345. The lowest BCUT2D eigenvalue weighted by atomic mass is 10.1. The second-order valence-electron chi connectivity index (χ2n) is 6.58. The summed E-state index contributed by atoms with van der Waals surface area (Å²) in [5.41, 5.74) is 0.932. The predicted molar refractivity (Wildman–Crippen MR) is 111 cm³/mol. The number of methoxy groups -OCH3 is 2. The molecule has 0 saturated carbocycles. The fourth-order valence-corrected chi connectivity index (χ4v) is 3.36. The molecule has 0 radical (unpaired) electrons. The number of carbonyl (C=O) groups excluding carboxylic acids is 3. The monoisotopic (exact) mass is 432 g/mol. The molecule has 1 aliphatic heterocycles. The summed E-state index contributed by atoms with van der Waals surface area (Å²) >= 11 is 6.14. The third-order valence-electron chi connectivity index (χ3n) is 4.63. The lowest BCUT2D eigenvalue weighted by molar-refractivity contribution is -0.151. The average Bonchev–Trinajstić information content (AvgIpc) is 3.13. The Bertz CT molecular complexity index is 964. The van der Waals surface area contributed by atoms with E-state index in [4.69, 9.17) is 25.8 Å². The van der Waals surface area contributed by atoms with E-state index < -0.39 is 24.4 Å². The molecule has 1 heterocycles. The number of nitrogens with one attached hydrogen (secondary N) is 1. The molecule has 1 atom stereocenters. The van der Waals surface area contributed by atoms with Gasteiger partial charge in [0, 0.05) is 19.0 Å². The van der Waals surface area contributed by atoms with Crippen LogP contribution in [0.4, 0.5) is 11.4 Å². The van der Waals surface area contributed by atoms with Crippen molar-refractivity contribution in [1.82, 2.24) is 0 Å². The molecule has 30 heavy (non-hydrogen) atoms. The van der Waals surface area contributed by atoms with Gasteiger partial charge in [0.25, 0.3) is 5.91 Å². The molecule has 2 aromatic carbocycles. The van der Waals surface area contributed by atoms with Crippen LogP contribution in [0.5, 0.6) is 11.5 Å². The summed E-state index contributed by atoms with van der Waals surface area (Å²) in [5, 5.41) is 3.04. The standard InChI is InChI=1S/C21H21ClN2O6/c1-28-14-7-8-18(29-2)16(10-14)23-19(25)12-30-21(27)13-9-20(26)24(11-13)17-6-4-3-5-15(17)22/h3-8,10,13H,9,11-12H2,1-2H3,(H,23,25)/t13-/m1/s1. The Hall–Kier alpha value is -3.26. The first-order valence-corrected chi connectivity index (χ1v) is 9.54. The van der Waals surface area contributed by atoms with Crippen molar-refractivity contribution in [3.63, 3.8) is 0 Å². The molecule has 1 N–H and O–H groups in total. The van der Waals surface area contributed by atoms with E-state index in [0.29, 0.717) is 27.9 Å². The SMILES string of the molecule is COc1ccc(OC)c(NC(=O)COC(=O)[C@@H]2CC(=O)N(c3ccccc3Cl)C2)c1. The van der Waals surface area contributed by atoms with E-state index in [1.165, 1.54) is 19.1 Å². The zero-order valence-electron chi connectivity index (χ0n) is 16.5. The average molecular weight is 433 g/mol. The molecule has 2 aromatic rings. The van der Waals surface area contributed by atoms with Crippen molar-refractivity contribution >= 4 is 40.8 Å². The highest BCUT2D eigenvalue weighted by molar-refractivity contribution is 6.33. The number of esters is 1. The maximum absolute atomic E-state index is 12.4. The van der Waals surface area contributed by atoms with Gasteiger partial charge in [0.2, 0.25) is 5.91 Å². The van der Waals surface area contributed by atoms with Gasteiger partial charge in [0.1, 0.15) is 11.5 Å². The molecular formula is C21H21ClN2O6. The van der Waals surface area contributed by atoms with Crippen LogP contribution < -0.4 is 19.7 Å². The first-order valence-electron chi connectivity index (χ1n) is 9.16. The van der Waals surface area contributed by atoms with Crippen molar-refractivity contribution in [3.8, 4) is 11.5 Å². The Morgan fingerprint density at radius 2 is 1.93 bits per heavy atom. The minimum Gasteiger partial charge on any atom is -0.497 e. The first kappa shape index (κ1) is 21.4. The highest BCUT2D eigenvalue weighted by Crippen LogP contribution is 2.31. The van der Waals surface area contributed by atoms with Gasteiger partial charge in [-0.1, -0.05) is 23.7 Å². The van der Waals surface area contributed by atoms with Crippen molar-refractivity contribution in [3.05, 3.63) is 47.5 Å². The van der Waals surface area contributed by atoms with Crippen LogP contribution in [0.2, 0.25) is 5.02 Å². The topological polar surface area (TPSA) is 94.2 Å². The number of ether oxygens (including phenoxy) is 3. The number of rotatable bonds is 7. The van der Waals surface area contributed by atoms with Gasteiger partial charge in [-0.05, 0) is 24.3 Å². The molecule has 1 saturated heterocycles. The Morgan fingerprint density at radius 3 is 2.63 bits per heavy atom. The lowest BCUT2D eigenvalue weighted by Crippen LogP contribution is -2.28. The van der Waals surface area contributed by atoms with Crippen LogP contribution in [0.25, 0.3) is 0 Å². The van der Waals surface area contributed by atoms with Crippen molar-refractivity contribution in [2.75, 3.05) is 37.6 Å². The number of anilines is 2. The van der Waals surface area contributed by atoms with Gasteiger partial charge in [-0.25, -0.2) is 0 Å². The molecule has 8 nitrogen and oxygen atoms in total. The number of hydrogen-bond acceptors (Lipinski definition) is 6. The molecule has 3 rings (SSSR count). The number of benzene rings is 2. The quantitative estimate of drug-likeness (QED) is 0.676. The molecule has 0 aromatic heterocycles. The second kappa shape index (κ2) is 9.49. The van der Waals surface area contributed by atoms with E-state index in [0.717, 1.165) is 0 Å². The van der Waals surface area contributed by atoms with Crippen LogP contribution in [0.3, 0.4) is 0 Å². The van der Waals surface area contributed by atoms with Crippen molar-refractivity contribution in [1.29, 1.82) is 0 Å². The fourth-order valence-electron chi connectivity index (χ4n) is 3.12. The van der Waals surface area contributed by atoms with Gasteiger partial charge in [-0.3, -0.25) is 14.4 Å². The Kier molecular flexibility index (Phi) is 6.79. The minimum absolute atomic E-state index is 0.00458. The highest BCUT2D eigenvalue weighted by Gasteiger charge is 2.37. The number of para-hydroxylation sites is 1. The van der Waals surface area contributed by atoms with Crippen molar-refractivity contribution in [2.45, 2.75) is 6.42 Å². The molecule has 0 aliphatic carbocycles. The van der Waals surface area contributed by atoms with Gasteiger partial charge < -0.3 is 24.4 Å². The zero-order valence-corrected chi connectivity index (χ0v) is 17.3. The normalized spacial score (nSPS) is 15.6. The van der Waals surface area contributed by atoms with Gasteiger partial charge in [0.05, 0.1) is 36.5 Å². The fraction of sp³-hybridized carbons (Fsp3) is 0.286. The Morgan fingerprint density at radius 1 is 1.17 bits per heavy atom. The van der Waals surface area contributed by atoms with E-state index in [-0.39, 0.29) is 18.9 Å². The summed E-state index contributed by atoms with van der Waals surface area (Å²) in [7, 11) is 2.98. The molecular weight excluding hydrogens is 412 g/mol. The molecule has 158 valence electrons. The lowest BCUT2D eigenvalue weighted by Gasteiger charge is -2.17. The van der Waals surface area contributed by atoms with Crippen LogP contribution in [0.1, 0.15) is 6.42 Å². The molecule has 0 unspecified atom stereocenters. The molecule has 0 bridgehead atoms. The van der Waals surface area contributed by atoms with Gasteiger partial charge in [-0.2, -0.15) is 0 Å². The van der Waals surface area contributed by atoms with E-state index in [1.54, 1.807) is 42.5 Å². The number of nitrogens with zero attached hydrogens (tertiary/aromatic N) is 1. The van der Waals surface area contributed by atoms with E-state index in [9.17, 15) is 14.4 Å². The Labute approximate surface area is 178 Å². The van der Waals surface area contributed by atoms with E-state index in [1.807, 2.05) is 0 Å². The summed E-state index contributed by atoms with van der Waals surface area (Å²) in [6.07, 6.45) is -0.00458. The predicted octanol–water partition coefficient (Wildman–Crippen LogP) is 2.89. The van der Waals surface area contributed by atoms with Crippen LogP contribution in [0, 0.1) is 5.92 Å². The zero-order chi connectivity index (χ0) is 21.7. The largest absolute Gasteiger partial charge is 0.497 e. The van der Waals surface area contributed by atoms with Gasteiger partial charge in [0.15, 0.2) is 6.61 Å². The van der Waals surface area contributed by atoms with Crippen molar-refractivity contribution < 1.29 is 28.6 Å². The number of hydrogen-bond donors (Lipinski definition) is 1. The summed E-state index contributed by atoms with van der Waals surface area (Å²) in [5.74, 6) is -1.09. The number of carbonyl (C=O) groups is 3. The third-order valence-corrected chi connectivity index (χ3v) is 4.95. The van der Waals surface area contributed by atoms with Crippen LogP contribution in [0.15, 0.2) is 42.5 Å². The highest BCUT2D eigenvalue weighted by atomic mass is 35.5. The second-order valence-corrected chi connectivity index (χ2v) is 6.99. The van der Waals surface area contributed by atoms with Gasteiger partial charge in [-0.15, -0.1) is 0 Å². The molecule has 9 heteroatoms. The molecule has 1 aliphatic rings. The molecule has 1 fully saturated rings. The minimum atomic E-state index is -0.673. The maximum Gasteiger partial charge on any atom is 0.311 e. The molecule has 0 spiro atoms. The first-order chi connectivity index (χ1) is 14.4. The van der Waals surface area contributed by atoms with Crippen LogP contribution >= 0.6 is 11.6 Å². The van der Waals surface area contributed by atoms with Crippen LogP contribution in [-0.4, -0.2) is 45.2 Å². The number of amides is 2. The summed E-state index contributed by atoms with van der Waals surface area (Å²) in [4.78, 5) is 38.3. The van der Waals surface area contributed by atoms with E-state index >= 15 is 0 Å². The third kappa shape index (κ3) is 4.83. The Balaban J connectivity index is 1.57. The van der Waals surface area contributed by atoms with E-state index in [2.05, 4.69) is 5.32 Å². The molecule has 2 amide bonds. The maximum atomic E-state index is 12.4. The number of halogens is 1. The van der Waals surface area contributed by atoms with Crippen molar-refractivity contribution in [2.24, 2.45) is 5.92 Å². The van der Waals surface area contributed by atoms with Crippen LogP contribution in [-0.2, 0) is 19.1 Å². The smallest absolute Gasteiger partial charge is 0.311 e. The van der Waals surface area contributed by atoms with Gasteiger partial charge >= 0.3 is 5.97 Å². The summed E-state index contributed by atoms with van der Waals surface area (Å²) < 4.78 is 15.4.